The minimum Gasteiger partial charge on any atom is -0.497 e. The number of alkyl halides is 3. The number of ether oxygens (including phenoxy) is 1. The van der Waals surface area contributed by atoms with Crippen molar-refractivity contribution in [2.24, 2.45) is 0 Å². The minimum atomic E-state index is -4.61. The van der Waals surface area contributed by atoms with Crippen LogP contribution in [0, 0.1) is 0 Å². The Hall–Kier alpha value is -3.40. The van der Waals surface area contributed by atoms with Gasteiger partial charge in [0.25, 0.3) is 5.56 Å². The Morgan fingerprint density at radius 1 is 1.13 bits per heavy atom. The van der Waals surface area contributed by atoms with Gasteiger partial charge in [0.2, 0.25) is 0 Å². The molecule has 0 fully saturated rings. The van der Waals surface area contributed by atoms with E-state index in [2.05, 4.69) is 15.4 Å². The molecule has 7 nitrogen and oxygen atoms in total. The normalized spacial score (nSPS) is 13.5. The number of halogens is 3. The first-order valence-corrected chi connectivity index (χ1v) is 8.92. The first kappa shape index (κ1) is 21.3. The molecule has 0 aliphatic heterocycles. The molecule has 0 spiro atoms. The van der Waals surface area contributed by atoms with Crippen molar-refractivity contribution in [3.8, 4) is 17.0 Å². The summed E-state index contributed by atoms with van der Waals surface area (Å²) in [6.45, 7) is 1.51. The second kappa shape index (κ2) is 8.54. The van der Waals surface area contributed by atoms with E-state index in [1.54, 1.807) is 24.3 Å². The van der Waals surface area contributed by atoms with E-state index in [4.69, 9.17) is 4.74 Å². The van der Waals surface area contributed by atoms with Crippen LogP contribution in [-0.2, 0) is 6.18 Å². The van der Waals surface area contributed by atoms with Crippen molar-refractivity contribution >= 4 is 5.82 Å². The van der Waals surface area contributed by atoms with E-state index >= 15 is 0 Å². The third kappa shape index (κ3) is 4.77. The Kier molecular flexibility index (Phi) is 6.06. The van der Waals surface area contributed by atoms with Crippen LogP contribution in [-0.4, -0.2) is 33.2 Å². The maximum Gasteiger partial charge on any atom is 0.433 e. The molecule has 3 aromatic rings. The molecule has 0 aliphatic carbocycles. The Labute approximate surface area is 169 Å². The van der Waals surface area contributed by atoms with Gasteiger partial charge in [-0.1, -0.05) is 18.2 Å². The second-order valence-electron chi connectivity index (χ2n) is 6.47. The smallest absolute Gasteiger partial charge is 0.433 e. The predicted molar refractivity (Wildman–Crippen MR) is 104 cm³/mol. The highest BCUT2D eigenvalue weighted by molar-refractivity contribution is 5.60. The van der Waals surface area contributed by atoms with E-state index in [0.29, 0.717) is 17.0 Å². The third-order valence-corrected chi connectivity index (χ3v) is 4.37. The Morgan fingerprint density at radius 2 is 1.87 bits per heavy atom. The number of rotatable bonds is 6. The first-order valence-electron chi connectivity index (χ1n) is 8.92. The number of aromatic nitrogens is 3. The number of aliphatic hydroxyl groups excluding tert-OH is 1. The van der Waals surface area contributed by atoms with Gasteiger partial charge in [-0.3, -0.25) is 4.79 Å². The number of methoxy groups -OCH3 is 1. The van der Waals surface area contributed by atoms with Gasteiger partial charge in [-0.2, -0.15) is 18.3 Å². The van der Waals surface area contributed by atoms with E-state index in [1.807, 2.05) is 0 Å². The monoisotopic (exact) mass is 420 g/mol. The summed E-state index contributed by atoms with van der Waals surface area (Å²) in [5.74, 6) is 0.429. The van der Waals surface area contributed by atoms with Crippen LogP contribution in [0.4, 0.5) is 19.0 Å². The molecule has 158 valence electrons. The van der Waals surface area contributed by atoms with Gasteiger partial charge in [0, 0.05) is 11.6 Å². The number of nitrogens with one attached hydrogen (secondary N) is 1. The Bertz CT molecular complexity index is 1090. The lowest BCUT2D eigenvalue weighted by atomic mass is 10.1. The number of hydrogen-bond acceptors (Lipinski definition) is 6. The number of aliphatic hydroxyl groups is 1. The SMILES string of the molecule is COc1cccc(-c2ccc(=O)n(C(C)C(O)Nc3cccc(C(F)(F)F)n3)n2)c1. The van der Waals surface area contributed by atoms with Crippen LogP contribution in [0.15, 0.2) is 59.4 Å². The van der Waals surface area contributed by atoms with Crippen LogP contribution in [0.3, 0.4) is 0 Å². The molecule has 2 unspecified atom stereocenters. The summed E-state index contributed by atoms with van der Waals surface area (Å²) in [5.41, 5.74) is -0.420. The van der Waals surface area contributed by atoms with Crippen molar-refractivity contribution < 1.29 is 23.0 Å². The van der Waals surface area contributed by atoms with E-state index in [-0.39, 0.29) is 5.82 Å². The van der Waals surface area contributed by atoms with Gasteiger partial charge in [-0.25, -0.2) is 9.67 Å². The summed E-state index contributed by atoms with van der Waals surface area (Å²) in [7, 11) is 1.53. The molecule has 3 rings (SSSR count). The topological polar surface area (TPSA) is 89.3 Å². The molecule has 0 bridgehead atoms. The zero-order chi connectivity index (χ0) is 21.9. The lowest BCUT2D eigenvalue weighted by molar-refractivity contribution is -0.141. The highest BCUT2D eigenvalue weighted by Crippen LogP contribution is 2.28. The van der Waals surface area contributed by atoms with Gasteiger partial charge >= 0.3 is 6.18 Å². The van der Waals surface area contributed by atoms with Gasteiger partial charge in [0.1, 0.15) is 23.5 Å². The van der Waals surface area contributed by atoms with E-state index < -0.39 is 29.7 Å². The summed E-state index contributed by atoms with van der Waals surface area (Å²) < 4.78 is 44.7. The third-order valence-electron chi connectivity index (χ3n) is 4.37. The summed E-state index contributed by atoms with van der Waals surface area (Å²) in [6.07, 6.45) is -6.04. The molecule has 2 aromatic heterocycles. The van der Waals surface area contributed by atoms with Crippen LogP contribution in [0.1, 0.15) is 18.7 Å². The van der Waals surface area contributed by atoms with Crippen molar-refractivity contribution in [1.82, 2.24) is 14.8 Å². The van der Waals surface area contributed by atoms with E-state index in [9.17, 15) is 23.1 Å². The van der Waals surface area contributed by atoms with Gasteiger partial charge in [0.15, 0.2) is 0 Å². The molecule has 2 heterocycles. The number of benzene rings is 1. The lowest BCUT2D eigenvalue weighted by Crippen LogP contribution is -2.36. The van der Waals surface area contributed by atoms with Crippen molar-refractivity contribution in [3.63, 3.8) is 0 Å². The Balaban J connectivity index is 1.85. The molecule has 2 atom stereocenters. The molecule has 0 saturated heterocycles. The number of pyridine rings is 1. The average molecular weight is 420 g/mol. The number of hydrogen-bond donors (Lipinski definition) is 2. The summed E-state index contributed by atoms with van der Waals surface area (Å²) in [6, 6.07) is 12.3. The molecular formula is C20H19F3N4O3. The zero-order valence-electron chi connectivity index (χ0n) is 16.1. The maximum absolute atomic E-state index is 12.8. The molecule has 2 N–H and O–H groups in total. The van der Waals surface area contributed by atoms with Crippen LogP contribution in [0.25, 0.3) is 11.3 Å². The largest absolute Gasteiger partial charge is 0.497 e. The molecule has 30 heavy (non-hydrogen) atoms. The molecule has 0 aliphatic rings. The van der Waals surface area contributed by atoms with Crippen LogP contribution in [0.2, 0.25) is 0 Å². The average Bonchev–Trinajstić information content (AvgIpc) is 2.73. The van der Waals surface area contributed by atoms with Crippen molar-refractivity contribution in [2.75, 3.05) is 12.4 Å². The second-order valence-corrected chi connectivity index (χ2v) is 6.47. The zero-order valence-corrected chi connectivity index (χ0v) is 16.1. The van der Waals surface area contributed by atoms with Crippen molar-refractivity contribution in [2.45, 2.75) is 25.4 Å². The first-order chi connectivity index (χ1) is 14.2. The molecule has 0 radical (unpaired) electrons. The van der Waals surface area contributed by atoms with Crippen LogP contribution < -0.4 is 15.6 Å². The number of nitrogens with zero attached hydrogens (tertiary/aromatic N) is 3. The minimum absolute atomic E-state index is 0.179. The fourth-order valence-corrected chi connectivity index (χ4v) is 2.73. The van der Waals surface area contributed by atoms with Crippen molar-refractivity contribution in [3.05, 3.63) is 70.6 Å². The fourth-order valence-electron chi connectivity index (χ4n) is 2.73. The highest BCUT2D eigenvalue weighted by atomic mass is 19.4. The maximum atomic E-state index is 12.8. The van der Waals surface area contributed by atoms with Gasteiger partial charge in [-0.05, 0) is 37.3 Å². The Morgan fingerprint density at radius 3 is 2.57 bits per heavy atom. The van der Waals surface area contributed by atoms with E-state index in [0.717, 1.165) is 10.7 Å². The quantitative estimate of drug-likeness (QED) is 0.595. The predicted octanol–water partition coefficient (Wildman–Crippen LogP) is 3.32. The van der Waals surface area contributed by atoms with Gasteiger partial charge in [-0.15, -0.1) is 0 Å². The lowest BCUT2D eigenvalue weighted by Gasteiger charge is -2.22. The van der Waals surface area contributed by atoms with Crippen LogP contribution in [0.5, 0.6) is 5.75 Å². The summed E-state index contributed by atoms with van der Waals surface area (Å²) in [5, 5.41) is 17.2. The molecule has 0 amide bonds. The van der Waals surface area contributed by atoms with Gasteiger partial charge < -0.3 is 15.2 Å². The molecule has 10 heteroatoms. The molecular weight excluding hydrogens is 401 g/mol. The highest BCUT2D eigenvalue weighted by Gasteiger charge is 2.32. The van der Waals surface area contributed by atoms with Gasteiger partial charge in [0.05, 0.1) is 18.8 Å². The summed E-state index contributed by atoms with van der Waals surface area (Å²) >= 11 is 0. The summed E-state index contributed by atoms with van der Waals surface area (Å²) in [4.78, 5) is 15.7. The standard InChI is InChI=1S/C20H19F3N4O3/c1-12(19(29)25-17-8-4-7-16(24-17)20(21,22)23)27-18(28)10-9-15(26-27)13-5-3-6-14(11-13)30-2/h3-12,19,29H,1-2H3,(H,24,25). The molecule has 0 saturated carbocycles. The van der Waals surface area contributed by atoms with E-state index in [1.165, 1.54) is 38.3 Å². The fraction of sp³-hybridized carbons (Fsp3) is 0.250. The number of anilines is 1. The molecule has 1 aromatic carbocycles. The van der Waals surface area contributed by atoms with Crippen LogP contribution >= 0.6 is 0 Å². The van der Waals surface area contributed by atoms with Crippen molar-refractivity contribution in [1.29, 1.82) is 0 Å².